The van der Waals surface area contributed by atoms with E-state index in [9.17, 15) is 0 Å². The minimum absolute atomic E-state index is 0.193. The Balaban J connectivity index is 1.66. The topological polar surface area (TPSA) is 88.8 Å². The Labute approximate surface area is 180 Å². The first kappa shape index (κ1) is 23.0. The summed E-state index contributed by atoms with van der Waals surface area (Å²) < 4.78 is 12.8. The molecule has 2 N–H and O–H groups in total. The third-order valence-corrected chi connectivity index (χ3v) is 6.43. The summed E-state index contributed by atoms with van der Waals surface area (Å²) in [6, 6.07) is 0. The molecule has 0 radical (unpaired) electrons. The van der Waals surface area contributed by atoms with Gasteiger partial charge in [-0.1, -0.05) is 19.3 Å². The average Bonchev–Trinajstić information content (AvgIpc) is 3.11. The molecule has 0 unspecified atom stereocenters. The van der Waals surface area contributed by atoms with Crippen molar-refractivity contribution in [3.8, 4) is 0 Å². The van der Waals surface area contributed by atoms with Crippen LogP contribution in [0, 0.1) is 6.92 Å². The quantitative estimate of drug-likeness (QED) is 0.352. The van der Waals surface area contributed by atoms with Crippen LogP contribution in [0.5, 0.6) is 0 Å². The zero-order valence-electron chi connectivity index (χ0n) is 19.0. The summed E-state index contributed by atoms with van der Waals surface area (Å²) in [7, 11) is 3.72. The molecule has 9 heteroatoms. The summed E-state index contributed by atoms with van der Waals surface area (Å²) in [5.74, 6) is 2.60. The van der Waals surface area contributed by atoms with Gasteiger partial charge in [0.15, 0.2) is 11.8 Å². The molecule has 30 heavy (non-hydrogen) atoms. The highest BCUT2D eigenvalue weighted by atomic mass is 16.5. The number of aliphatic imine (C=N–C) groups is 1. The Morgan fingerprint density at radius 2 is 1.93 bits per heavy atom. The van der Waals surface area contributed by atoms with Crippen LogP contribution in [0.3, 0.4) is 0 Å². The van der Waals surface area contributed by atoms with Crippen molar-refractivity contribution in [3.63, 3.8) is 0 Å². The third kappa shape index (κ3) is 6.15. The number of rotatable bonds is 9. The Bertz CT molecular complexity index is 664. The highest BCUT2D eigenvalue weighted by molar-refractivity contribution is 5.79. The molecule has 2 heterocycles. The van der Waals surface area contributed by atoms with Crippen LogP contribution in [0.1, 0.15) is 50.2 Å². The van der Waals surface area contributed by atoms with E-state index >= 15 is 0 Å². The molecule has 9 nitrogen and oxygen atoms in total. The second-order valence-electron chi connectivity index (χ2n) is 8.40. The van der Waals surface area contributed by atoms with Gasteiger partial charge < -0.3 is 24.7 Å². The molecule has 1 aromatic rings. The summed E-state index contributed by atoms with van der Waals surface area (Å²) in [5.41, 5.74) is 0.193. The monoisotopic (exact) mass is 421 g/mol. The van der Waals surface area contributed by atoms with Crippen molar-refractivity contribution in [2.75, 3.05) is 53.1 Å². The van der Waals surface area contributed by atoms with Crippen LogP contribution in [0.25, 0.3) is 0 Å². The van der Waals surface area contributed by atoms with Gasteiger partial charge in [0.05, 0.1) is 13.2 Å². The van der Waals surface area contributed by atoms with E-state index in [2.05, 4.69) is 25.7 Å². The number of morpholine rings is 1. The summed E-state index contributed by atoms with van der Waals surface area (Å²) in [4.78, 5) is 7.46. The van der Waals surface area contributed by atoms with E-state index in [0.717, 1.165) is 70.0 Å². The van der Waals surface area contributed by atoms with Crippen molar-refractivity contribution >= 4 is 5.96 Å². The number of methoxy groups -OCH3 is 1. The van der Waals surface area contributed by atoms with Crippen LogP contribution in [-0.2, 0) is 23.1 Å². The largest absolute Gasteiger partial charge is 0.385 e. The van der Waals surface area contributed by atoms with Gasteiger partial charge in [0.25, 0.3) is 0 Å². The molecular formula is C21H39N7O2. The van der Waals surface area contributed by atoms with Gasteiger partial charge in [0.2, 0.25) is 0 Å². The molecule has 2 fully saturated rings. The van der Waals surface area contributed by atoms with Crippen molar-refractivity contribution < 1.29 is 9.47 Å². The van der Waals surface area contributed by atoms with Gasteiger partial charge in [-0.25, -0.2) is 4.99 Å². The molecule has 1 saturated heterocycles. The normalized spacial score (nSPS) is 20.3. The highest BCUT2D eigenvalue weighted by Crippen LogP contribution is 2.33. The molecule has 0 spiro atoms. The molecule has 3 rings (SSSR count). The number of nitrogens with zero attached hydrogens (tertiary/aromatic N) is 5. The fourth-order valence-electron chi connectivity index (χ4n) is 4.44. The predicted octanol–water partition coefficient (Wildman–Crippen LogP) is 1.23. The van der Waals surface area contributed by atoms with E-state index in [-0.39, 0.29) is 5.54 Å². The number of hydrogen-bond acceptors (Lipinski definition) is 6. The zero-order chi connectivity index (χ0) is 21.2. The number of ether oxygens (including phenoxy) is 2. The van der Waals surface area contributed by atoms with E-state index in [1.807, 2.05) is 18.5 Å². The van der Waals surface area contributed by atoms with Gasteiger partial charge in [-0.2, -0.15) is 0 Å². The first-order chi connectivity index (χ1) is 14.6. The standard InChI is InChI=1S/C21H39N7O2/c1-18-25-26-19(27(18)2)16-23-20(22-10-7-13-29-3)24-17-21(8-5-4-6-9-21)28-11-14-30-15-12-28/h4-17H2,1-3H3,(H2,22,23,24). The van der Waals surface area contributed by atoms with Crippen LogP contribution in [-0.4, -0.2) is 84.3 Å². The number of nitrogens with one attached hydrogen (secondary N) is 2. The lowest BCUT2D eigenvalue weighted by atomic mass is 9.80. The molecule has 1 aliphatic heterocycles. The maximum atomic E-state index is 5.61. The maximum Gasteiger partial charge on any atom is 0.191 e. The smallest absolute Gasteiger partial charge is 0.191 e. The number of aryl methyl sites for hydroxylation is 1. The van der Waals surface area contributed by atoms with Crippen LogP contribution in [0.2, 0.25) is 0 Å². The lowest BCUT2D eigenvalue weighted by molar-refractivity contribution is -0.0352. The number of aromatic nitrogens is 3. The second-order valence-corrected chi connectivity index (χ2v) is 8.40. The minimum atomic E-state index is 0.193. The highest BCUT2D eigenvalue weighted by Gasteiger charge is 2.38. The van der Waals surface area contributed by atoms with Gasteiger partial charge in [0.1, 0.15) is 12.4 Å². The van der Waals surface area contributed by atoms with Gasteiger partial charge in [-0.05, 0) is 26.2 Å². The van der Waals surface area contributed by atoms with E-state index in [4.69, 9.17) is 14.5 Å². The van der Waals surface area contributed by atoms with Crippen molar-refractivity contribution in [1.82, 2.24) is 30.3 Å². The number of guanidine groups is 1. The van der Waals surface area contributed by atoms with E-state index < -0.39 is 0 Å². The molecule has 1 saturated carbocycles. The van der Waals surface area contributed by atoms with Gasteiger partial charge in [-0.3, -0.25) is 4.90 Å². The molecular weight excluding hydrogens is 382 g/mol. The molecule has 1 aliphatic carbocycles. The minimum Gasteiger partial charge on any atom is -0.385 e. The third-order valence-electron chi connectivity index (χ3n) is 6.43. The van der Waals surface area contributed by atoms with Crippen molar-refractivity contribution in [2.24, 2.45) is 12.0 Å². The first-order valence-corrected chi connectivity index (χ1v) is 11.3. The molecule has 0 aromatic carbocycles. The van der Waals surface area contributed by atoms with Gasteiger partial charge in [-0.15, -0.1) is 10.2 Å². The number of hydrogen-bond donors (Lipinski definition) is 2. The van der Waals surface area contributed by atoms with Crippen LogP contribution in [0.15, 0.2) is 4.99 Å². The van der Waals surface area contributed by atoms with Gasteiger partial charge >= 0.3 is 0 Å². The van der Waals surface area contributed by atoms with Crippen molar-refractivity contribution in [2.45, 2.75) is 57.5 Å². The molecule has 0 atom stereocenters. The van der Waals surface area contributed by atoms with E-state index in [0.29, 0.717) is 6.54 Å². The summed E-state index contributed by atoms with van der Waals surface area (Å²) in [6.45, 7) is 8.64. The Morgan fingerprint density at radius 3 is 2.60 bits per heavy atom. The maximum absolute atomic E-state index is 5.61. The molecule has 0 bridgehead atoms. The Morgan fingerprint density at radius 1 is 1.17 bits per heavy atom. The lowest BCUT2D eigenvalue weighted by Crippen LogP contribution is -2.60. The van der Waals surface area contributed by atoms with E-state index in [1.165, 1.54) is 32.1 Å². The predicted molar refractivity (Wildman–Crippen MR) is 118 cm³/mol. The van der Waals surface area contributed by atoms with Crippen molar-refractivity contribution in [1.29, 1.82) is 0 Å². The van der Waals surface area contributed by atoms with Crippen LogP contribution < -0.4 is 10.6 Å². The zero-order valence-corrected chi connectivity index (χ0v) is 19.0. The lowest BCUT2D eigenvalue weighted by Gasteiger charge is -2.48. The van der Waals surface area contributed by atoms with Crippen LogP contribution in [0.4, 0.5) is 0 Å². The Hall–Kier alpha value is -1.71. The molecule has 0 amide bonds. The summed E-state index contributed by atoms with van der Waals surface area (Å²) in [5, 5.41) is 15.5. The van der Waals surface area contributed by atoms with Crippen LogP contribution >= 0.6 is 0 Å². The fraction of sp³-hybridized carbons (Fsp3) is 0.857. The molecule has 170 valence electrons. The summed E-state index contributed by atoms with van der Waals surface area (Å²) in [6.07, 6.45) is 7.34. The average molecular weight is 422 g/mol. The van der Waals surface area contributed by atoms with Gasteiger partial charge in [0, 0.05) is 52.5 Å². The second kappa shape index (κ2) is 11.6. The van der Waals surface area contributed by atoms with E-state index in [1.54, 1.807) is 7.11 Å². The molecule has 1 aromatic heterocycles. The fourth-order valence-corrected chi connectivity index (χ4v) is 4.44. The van der Waals surface area contributed by atoms with Crippen molar-refractivity contribution in [3.05, 3.63) is 11.6 Å². The SMILES string of the molecule is COCCCNC(=NCc1nnc(C)n1C)NCC1(N2CCOCC2)CCCCC1. The Kier molecular flexibility index (Phi) is 8.89. The molecule has 2 aliphatic rings. The summed E-state index contributed by atoms with van der Waals surface area (Å²) >= 11 is 0. The first-order valence-electron chi connectivity index (χ1n) is 11.3.